The molecule has 9 heteroatoms. The minimum atomic E-state index is -5.17. The van der Waals surface area contributed by atoms with Crippen LogP contribution in [0.2, 0.25) is 0 Å². The number of alkyl halides is 6. The number of fused-ring (bicyclic) bond motifs is 6. The molecular weight excluding hydrogens is 961 g/mol. The Morgan fingerprint density at radius 3 is 0.895 bits per heavy atom. The Morgan fingerprint density at radius 1 is 0.342 bits per heavy atom. The van der Waals surface area contributed by atoms with Crippen LogP contribution in [-0.2, 0) is 12.4 Å². The van der Waals surface area contributed by atoms with Crippen LogP contribution < -0.4 is 0 Å². The summed E-state index contributed by atoms with van der Waals surface area (Å²) < 4.78 is 95.5. The summed E-state index contributed by atoms with van der Waals surface area (Å²) in [6.07, 6.45) is -10.3. The minimum absolute atomic E-state index is 0.0541. The van der Waals surface area contributed by atoms with Crippen molar-refractivity contribution in [1.82, 2.24) is 9.13 Å². The maximum atomic E-state index is 15.3. The average molecular weight is 1010 g/mol. The van der Waals surface area contributed by atoms with E-state index in [0.29, 0.717) is 22.1 Å². The third-order valence-corrected chi connectivity index (χ3v) is 14.9. The van der Waals surface area contributed by atoms with Crippen molar-refractivity contribution in [1.29, 1.82) is 5.26 Å². The highest BCUT2D eigenvalue weighted by molar-refractivity contribution is 6.14. The fraction of sp³-hybridized carbons (Fsp3) is 0.0896. The van der Waals surface area contributed by atoms with Crippen LogP contribution in [0.25, 0.3) is 111 Å². The van der Waals surface area contributed by atoms with Gasteiger partial charge in [0.1, 0.15) is 0 Å². The summed E-state index contributed by atoms with van der Waals surface area (Å²) in [7, 11) is 0. The Hall–Kier alpha value is -9.13. The van der Waals surface area contributed by atoms with Crippen molar-refractivity contribution < 1.29 is 26.3 Å². The molecular formula is C67H45F6N3. The topological polar surface area (TPSA) is 33.6 Å². The summed E-state index contributed by atoms with van der Waals surface area (Å²) in [5, 5.41) is 14.4. The van der Waals surface area contributed by atoms with Crippen molar-refractivity contribution in [2.75, 3.05) is 0 Å². The normalized spacial score (nSPS) is 12.1. The van der Waals surface area contributed by atoms with Crippen molar-refractivity contribution in [2.24, 2.45) is 0 Å². The van der Waals surface area contributed by atoms with E-state index in [1.165, 1.54) is 0 Å². The minimum Gasteiger partial charge on any atom is -0.308 e. The molecule has 2 aromatic heterocycles. The third-order valence-electron chi connectivity index (χ3n) is 14.9. The Morgan fingerprint density at radius 2 is 0.632 bits per heavy atom. The van der Waals surface area contributed by atoms with Crippen LogP contribution >= 0.6 is 0 Å². The molecule has 2 heterocycles. The van der Waals surface area contributed by atoms with Crippen LogP contribution in [0, 0.1) is 39.0 Å². The molecule has 12 aromatic rings. The smallest absolute Gasteiger partial charge is 0.308 e. The average Bonchev–Trinajstić information content (AvgIpc) is 4.11. The second kappa shape index (κ2) is 18.1. The van der Waals surface area contributed by atoms with Gasteiger partial charge in [0.15, 0.2) is 0 Å². The van der Waals surface area contributed by atoms with Crippen molar-refractivity contribution in [2.45, 2.75) is 40.0 Å². The molecule has 370 valence electrons. The first-order valence-corrected chi connectivity index (χ1v) is 24.8. The number of aromatic nitrogens is 2. The molecule has 10 aromatic carbocycles. The van der Waals surface area contributed by atoms with Gasteiger partial charge in [-0.3, -0.25) is 0 Å². The van der Waals surface area contributed by atoms with E-state index < -0.39 is 23.5 Å². The van der Waals surface area contributed by atoms with E-state index in [4.69, 9.17) is 0 Å². The van der Waals surface area contributed by atoms with Crippen molar-refractivity contribution in [3.8, 4) is 73.1 Å². The van der Waals surface area contributed by atoms with E-state index in [0.717, 1.165) is 100 Å². The largest absolute Gasteiger partial charge is 0.416 e. The van der Waals surface area contributed by atoms with Crippen molar-refractivity contribution in [3.63, 3.8) is 0 Å². The van der Waals surface area contributed by atoms with Crippen molar-refractivity contribution >= 4 is 43.6 Å². The molecule has 0 amide bonds. The molecule has 3 nitrogen and oxygen atoms in total. The Kier molecular flexibility index (Phi) is 11.4. The second-order valence-corrected chi connectivity index (χ2v) is 19.7. The molecule has 76 heavy (non-hydrogen) atoms. The molecule has 0 aliphatic rings. The standard InChI is InChI=1S/C67H45F6N3/c1-39-13-5-9-17-51(39)44-21-25-55-56-26-22-45(52-18-10-6-14-40(52)2)34-60(56)75(59(55)33-44)63-29-43(38-74)30-64(65(63)48-31-49(66(68,69)70)37-50(32-48)67(71,72)73)76-61-35-46(53-19-11-7-15-41(53)3)23-27-57(61)58-28-24-47(36-62(58)76)54-20-12-8-16-42(54)4/h5-37H,1-4H3. The molecule has 0 fully saturated rings. The lowest BCUT2D eigenvalue weighted by Crippen LogP contribution is -2.12. The van der Waals surface area contributed by atoms with Gasteiger partial charge in [-0.05, 0) is 155 Å². The van der Waals surface area contributed by atoms with Crippen LogP contribution in [-0.4, -0.2) is 9.13 Å². The number of hydrogen-bond acceptors (Lipinski definition) is 1. The molecule has 0 radical (unpaired) electrons. The SMILES string of the molecule is Cc1ccccc1-c1ccc2c3ccc(-c4ccccc4C)cc3n(-c3cc(C#N)cc(-n4c5cc(-c6ccccc6C)ccc5c5ccc(-c6ccccc6C)cc54)c3-c3cc(C(F)(F)F)cc(C(F)(F)F)c3)c2c1. The number of nitrogens with zero attached hydrogens (tertiary/aromatic N) is 3. The lowest BCUT2D eigenvalue weighted by molar-refractivity contribution is -0.143. The zero-order valence-electron chi connectivity index (χ0n) is 41.7. The Bertz CT molecular complexity index is 3920. The van der Waals surface area contributed by atoms with E-state index in [1.807, 2.05) is 207 Å². The Labute approximate surface area is 434 Å². The van der Waals surface area contributed by atoms with Gasteiger partial charge in [-0.15, -0.1) is 0 Å². The van der Waals surface area contributed by atoms with Gasteiger partial charge in [0.25, 0.3) is 0 Å². The number of hydrogen-bond donors (Lipinski definition) is 0. The summed E-state index contributed by atoms with van der Waals surface area (Å²) in [5.74, 6) is 0. The maximum absolute atomic E-state index is 15.3. The van der Waals surface area contributed by atoms with Gasteiger partial charge in [-0.1, -0.05) is 146 Å². The van der Waals surface area contributed by atoms with E-state index >= 15 is 26.3 Å². The predicted molar refractivity (Wildman–Crippen MR) is 296 cm³/mol. The van der Waals surface area contributed by atoms with Gasteiger partial charge in [-0.25, -0.2) is 0 Å². The summed E-state index contributed by atoms with van der Waals surface area (Å²) >= 11 is 0. The van der Waals surface area contributed by atoms with E-state index in [9.17, 15) is 5.26 Å². The van der Waals surface area contributed by atoms with Crippen LogP contribution in [0.3, 0.4) is 0 Å². The van der Waals surface area contributed by atoms with Gasteiger partial charge in [0.05, 0.1) is 56.2 Å². The molecule has 0 spiro atoms. The molecule has 0 aliphatic carbocycles. The van der Waals surface area contributed by atoms with Crippen LogP contribution in [0.1, 0.15) is 38.9 Å². The van der Waals surface area contributed by atoms with Crippen LogP contribution in [0.4, 0.5) is 26.3 Å². The van der Waals surface area contributed by atoms with Gasteiger partial charge >= 0.3 is 12.4 Å². The number of halogens is 6. The number of nitriles is 1. The van der Waals surface area contributed by atoms with Gasteiger partial charge in [0.2, 0.25) is 0 Å². The van der Waals surface area contributed by atoms with Gasteiger partial charge < -0.3 is 9.13 Å². The highest BCUT2D eigenvalue weighted by atomic mass is 19.4. The molecule has 0 unspecified atom stereocenters. The molecule has 0 aliphatic heterocycles. The van der Waals surface area contributed by atoms with E-state index in [2.05, 4.69) is 6.07 Å². The lowest BCUT2D eigenvalue weighted by Gasteiger charge is -2.23. The zero-order valence-corrected chi connectivity index (χ0v) is 41.7. The highest BCUT2D eigenvalue weighted by Crippen LogP contribution is 2.48. The number of benzene rings is 10. The molecule has 0 bridgehead atoms. The summed E-state index contributed by atoms with van der Waals surface area (Å²) in [5.41, 5.74) is 11.1. The van der Waals surface area contributed by atoms with Crippen molar-refractivity contribution in [3.05, 3.63) is 239 Å². The third kappa shape index (κ3) is 8.09. The summed E-state index contributed by atoms with van der Waals surface area (Å²) in [6.45, 7) is 8.04. The zero-order chi connectivity index (χ0) is 52.8. The number of aryl methyl sites for hydroxylation is 4. The maximum Gasteiger partial charge on any atom is 0.416 e. The monoisotopic (exact) mass is 1010 g/mol. The van der Waals surface area contributed by atoms with Gasteiger partial charge in [0, 0.05) is 27.1 Å². The fourth-order valence-corrected chi connectivity index (χ4v) is 11.2. The summed E-state index contributed by atoms with van der Waals surface area (Å²) in [6, 6.07) is 63.3. The number of rotatable bonds is 7. The molecule has 0 saturated heterocycles. The quantitative estimate of drug-likeness (QED) is 0.147. The molecule has 0 saturated carbocycles. The van der Waals surface area contributed by atoms with Crippen LogP contribution in [0.5, 0.6) is 0 Å². The molecule has 0 N–H and O–H groups in total. The highest BCUT2D eigenvalue weighted by Gasteiger charge is 2.38. The lowest BCUT2D eigenvalue weighted by atomic mass is 9.94. The molecule has 12 rings (SSSR count). The fourth-order valence-electron chi connectivity index (χ4n) is 11.2. The first-order valence-electron chi connectivity index (χ1n) is 24.8. The predicted octanol–water partition coefficient (Wildman–Crippen LogP) is 19.4. The second-order valence-electron chi connectivity index (χ2n) is 19.7. The molecule has 0 atom stereocenters. The van der Waals surface area contributed by atoms with E-state index in [-0.39, 0.29) is 34.1 Å². The van der Waals surface area contributed by atoms with Gasteiger partial charge in [-0.2, -0.15) is 31.6 Å². The Balaban J connectivity index is 1.30. The first-order chi connectivity index (χ1) is 36.5. The van der Waals surface area contributed by atoms with E-state index in [1.54, 1.807) is 12.1 Å². The van der Waals surface area contributed by atoms with Crippen LogP contribution in [0.15, 0.2) is 200 Å². The summed E-state index contributed by atoms with van der Waals surface area (Å²) in [4.78, 5) is 0. The first kappa shape index (κ1) is 47.8.